The van der Waals surface area contributed by atoms with Gasteiger partial charge in [-0.3, -0.25) is 9.89 Å². The molecule has 0 aliphatic carbocycles. The summed E-state index contributed by atoms with van der Waals surface area (Å²) in [6, 6.07) is 17.0. The van der Waals surface area contributed by atoms with E-state index in [0.29, 0.717) is 23.2 Å². The first kappa shape index (κ1) is 17.5. The van der Waals surface area contributed by atoms with Crippen LogP contribution >= 0.6 is 11.8 Å². The third-order valence-electron chi connectivity index (χ3n) is 4.50. The van der Waals surface area contributed by atoms with Crippen LogP contribution in [0.1, 0.15) is 10.4 Å². The summed E-state index contributed by atoms with van der Waals surface area (Å²) in [5.41, 5.74) is 2.13. The Hall–Kier alpha value is -2.86. The van der Waals surface area contributed by atoms with Crippen molar-refractivity contribution >= 4 is 39.3 Å². The molecular formula is C21H18FN3OS. The van der Waals surface area contributed by atoms with Crippen LogP contribution in [0.15, 0.2) is 54.6 Å². The number of nitrogens with zero attached hydrogens (tertiary/aromatic N) is 1. The van der Waals surface area contributed by atoms with Crippen LogP contribution in [0.3, 0.4) is 0 Å². The average Bonchev–Trinajstić information content (AvgIpc) is 3.12. The Morgan fingerprint density at radius 1 is 1.15 bits per heavy atom. The molecule has 0 aliphatic heterocycles. The number of rotatable bonds is 5. The molecule has 4 aromatic rings. The number of carbonyl (C=O) groups excluding carboxylic acids is 1. The molecule has 1 aromatic heterocycles. The maximum atomic E-state index is 14.5. The van der Waals surface area contributed by atoms with Crippen LogP contribution in [-0.4, -0.2) is 34.7 Å². The third-order valence-corrected chi connectivity index (χ3v) is 5.12. The first-order valence-corrected chi connectivity index (χ1v) is 10.0. The molecule has 1 heterocycles. The molecule has 0 unspecified atom stereocenters. The molecule has 4 rings (SSSR count). The minimum atomic E-state index is -0.509. The van der Waals surface area contributed by atoms with E-state index in [-0.39, 0.29) is 11.4 Å². The number of aromatic amines is 1. The molecule has 0 radical (unpaired) electrons. The molecular weight excluding hydrogens is 361 g/mol. The summed E-state index contributed by atoms with van der Waals surface area (Å²) >= 11 is 1.64. The van der Waals surface area contributed by atoms with Gasteiger partial charge in [-0.25, -0.2) is 4.39 Å². The van der Waals surface area contributed by atoms with Gasteiger partial charge in [-0.15, -0.1) is 0 Å². The second-order valence-corrected chi connectivity index (χ2v) is 7.25. The van der Waals surface area contributed by atoms with Crippen molar-refractivity contribution in [1.29, 1.82) is 0 Å². The zero-order valence-electron chi connectivity index (χ0n) is 14.8. The second kappa shape index (κ2) is 7.40. The quantitative estimate of drug-likeness (QED) is 0.498. The molecule has 0 aliphatic rings. The molecule has 0 saturated heterocycles. The van der Waals surface area contributed by atoms with Crippen LogP contribution < -0.4 is 5.32 Å². The Morgan fingerprint density at radius 3 is 2.78 bits per heavy atom. The summed E-state index contributed by atoms with van der Waals surface area (Å²) < 4.78 is 14.5. The van der Waals surface area contributed by atoms with E-state index in [1.54, 1.807) is 17.8 Å². The first-order valence-electron chi connectivity index (χ1n) is 8.61. The van der Waals surface area contributed by atoms with E-state index in [2.05, 4.69) is 15.5 Å². The van der Waals surface area contributed by atoms with Crippen molar-refractivity contribution < 1.29 is 9.18 Å². The van der Waals surface area contributed by atoms with E-state index < -0.39 is 5.82 Å². The smallest absolute Gasteiger partial charge is 0.251 e. The van der Waals surface area contributed by atoms with Crippen molar-refractivity contribution in [3.63, 3.8) is 0 Å². The summed E-state index contributed by atoms with van der Waals surface area (Å²) in [6.45, 7) is 0.544. The Bertz CT molecular complexity index is 1140. The standard InChI is InChI=1S/C21H18FN3OS/c1-27-9-8-23-21(26)16-11-17-19(24-25-20(17)18(22)12-16)15-7-6-13-4-2-3-5-14(13)10-15/h2-7,10-12H,8-9H2,1H3,(H,23,26)(H,24,25). The maximum absolute atomic E-state index is 14.5. The number of benzene rings is 3. The maximum Gasteiger partial charge on any atom is 0.251 e. The van der Waals surface area contributed by atoms with E-state index in [1.165, 1.54) is 6.07 Å². The number of halogens is 1. The molecule has 1 amide bonds. The lowest BCUT2D eigenvalue weighted by atomic mass is 10.0. The van der Waals surface area contributed by atoms with Crippen molar-refractivity contribution in [1.82, 2.24) is 15.5 Å². The predicted molar refractivity (Wildman–Crippen MR) is 110 cm³/mol. The van der Waals surface area contributed by atoms with Gasteiger partial charge >= 0.3 is 0 Å². The van der Waals surface area contributed by atoms with E-state index in [0.717, 1.165) is 22.1 Å². The Kier molecular flexibility index (Phi) is 4.81. The Labute approximate surface area is 160 Å². The zero-order chi connectivity index (χ0) is 18.8. The number of aromatic nitrogens is 2. The van der Waals surface area contributed by atoms with Gasteiger partial charge in [-0.1, -0.05) is 36.4 Å². The fourth-order valence-electron chi connectivity index (χ4n) is 3.14. The number of hydrogen-bond donors (Lipinski definition) is 2. The van der Waals surface area contributed by atoms with E-state index in [9.17, 15) is 9.18 Å². The molecule has 0 saturated carbocycles. The number of hydrogen-bond acceptors (Lipinski definition) is 3. The number of thioether (sulfide) groups is 1. The molecule has 6 heteroatoms. The lowest BCUT2D eigenvalue weighted by Crippen LogP contribution is -2.25. The molecule has 27 heavy (non-hydrogen) atoms. The topological polar surface area (TPSA) is 57.8 Å². The highest BCUT2D eigenvalue weighted by Gasteiger charge is 2.16. The lowest BCUT2D eigenvalue weighted by molar-refractivity contribution is 0.0956. The number of amides is 1. The van der Waals surface area contributed by atoms with Gasteiger partial charge in [-0.05, 0) is 35.2 Å². The van der Waals surface area contributed by atoms with Crippen LogP contribution in [0.2, 0.25) is 0 Å². The minimum absolute atomic E-state index is 0.235. The fraction of sp³-hybridized carbons (Fsp3) is 0.143. The number of carbonyl (C=O) groups is 1. The van der Waals surface area contributed by atoms with Crippen molar-refractivity contribution in [3.05, 3.63) is 66.0 Å². The van der Waals surface area contributed by atoms with Crippen LogP contribution in [0.25, 0.3) is 32.9 Å². The van der Waals surface area contributed by atoms with Gasteiger partial charge in [0.05, 0.1) is 5.69 Å². The van der Waals surface area contributed by atoms with Gasteiger partial charge in [-0.2, -0.15) is 16.9 Å². The van der Waals surface area contributed by atoms with Crippen LogP contribution in [0.4, 0.5) is 4.39 Å². The van der Waals surface area contributed by atoms with Crippen LogP contribution in [0.5, 0.6) is 0 Å². The van der Waals surface area contributed by atoms with Gasteiger partial charge in [0.15, 0.2) is 5.82 Å². The monoisotopic (exact) mass is 379 g/mol. The van der Waals surface area contributed by atoms with Gasteiger partial charge in [0.25, 0.3) is 5.91 Å². The molecule has 136 valence electrons. The molecule has 0 atom stereocenters. The molecule has 4 nitrogen and oxygen atoms in total. The zero-order valence-corrected chi connectivity index (χ0v) is 15.6. The molecule has 0 fully saturated rings. The van der Waals surface area contributed by atoms with Gasteiger partial charge < -0.3 is 5.32 Å². The third kappa shape index (κ3) is 3.40. The van der Waals surface area contributed by atoms with Crippen LogP contribution in [-0.2, 0) is 0 Å². The first-order chi connectivity index (χ1) is 13.2. The van der Waals surface area contributed by atoms with Crippen molar-refractivity contribution in [2.45, 2.75) is 0 Å². The fourth-order valence-corrected chi connectivity index (χ4v) is 3.45. The van der Waals surface area contributed by atoms with E-state index >= 15 is 0 Å². The average molecular weight is 379 g/mol. The Morgan fingerprint density at radius 2 is 1.96 bits per heavy atom. The van der Waals surface area contributed by atoms with Gasteiger partial charge in [0.1, 0.15) is 5.52 Å². The van der Waals surface area contributed by atoms with Crippen LogP contribution in [0, 0.1) is 5.82 Å². The summed E-state index contributed by atoms with van der Waals surface area (Å²) in [5.74, 6) is 0.0196. The van der Waals surface area contributed by atoms with Crippen molar-refractivity contribution in [2.24, 2.45) is 0 Å². The number of fused-ring (bicyclic) bond motifs is 2. The highest BCUT2D eigenvalue weighted by molar-refractivity contribution is 7.98. The van der Waals surface area contributed by atoms with E-state index in [4.69, 9.17) is 0 Å². The normalized spacial score (nSPS) is 11.2. The van der Waals surface area contributed by atoms with Crippen molar-refractivity contribution in [3.8, 4) is 11.3 Å². The molecule has 2 N–H and O–H groups in total. The summed E-state index contributed by atoms with van der Waals surface area (Å²) in [5, 5.41) is 12.7. The van der Waals surface area contributed by atoms with Crippen molar-refractivity contribution in [2.75, 3.05) is 18.6 Å². The number of nitrogens with one attached hydrogen (secondary N) is 2. The van der Waals surface area contributed by atoms with Gasteiger partial charge in [0, 0.05) is 28.8 Å². The highest BCUT2D eigenvalue weighted by Crippen LogP contribution is 2.30. The SMILES string of the molecule is CSCCNC(=O)c1cc(F)c2n[nH]c(-c3ccc4ccccc4c3)c2c1. The summed E-state index contributed by atoms with van der Waals surface area (Å²) in [4.78, 5) is 12.3. The second-order valence-electron chi connectivity index (χ2n) is 6.26. The minimum Gasteiger partial charge on any atom is -0.351 e. The number of H-pyrrole nitrogens is 1. The predicted octanol–water partition coefficient (Wildman–Crippen LogP) is 4.62. The molecule has 3 aromatic carbocycles. The Balaban J connectivity index is 1.77. The lowest BCUT2D eigenvalue weighted by Gasteiger charge is -2.06. The highest BCUT2D eigenvalue weighted by atomic mass is 32.2. The summed E-state index contributed by atoms with van der Waals surface area (Å²) in [7, 11) is 0. The summed E-state index contributed by atoms with van der Waals surface area (Å²) in [6.07, 6.45) is 1.97. The van der Waals surface area contributed by atoms with Gasteiger partial charge in [0.2, 0.25) is 0 Å². The largest absolute Gasteiger partial charge is 0.351 e. The van der Waals surface area contributed by atoms with E-state index in [1.807, 2.05) is 48.7 Å². The molecule has 0 bridgehead atoms. The molecule has 0 spiro atoms.